The van der Waals surface area contributed by atoms with Gasteiger partial charge in [-0.25, -0.2) is 0 Å². The lowest BCUT2D eigenvalue weighted by molar-refractivity contribution is 0.260. The number of hydrogen-bond donors (Lipinski definition) is 0. The van der Waals surface area contributed by atoms with Gasteiger partial charge in [-0.2, -0.15) is 0 Å². The quantitative estimate of drug-likeness (QED) is 0.691. The van der Waals surface area contributed by atoms with Gasteiger partial charge in [0.05, 0.1) is 13.2 Å². The van der Waals surface area contributed by atoms with E-state index in [4.69, 9.17) is 18.9 Å². The molecular formula is C22H26O4. The minimum Gasteiger partial charge on any atom is -0.490 e. The molecule has 2 saturated heterocycles. The predicted octanol–water partition coefficient (Wildman–Crippen LogP) is 4.14. The zero-order valence-electron chi connectivity index (χ0n) is 15.9. The first-order chi connectivity index (χ1) is 12.5. The average Bonchev–Trinajstić information content (AvgIpc) is 3.47. The van der Waals surface area contributed by atoms with Crippen molar-refractivity contribution in [2.75, 3.05) is 26.4 Å². The predicted molar refractivity (Wildman–Crippen MR) is 101 cm³/mol. The molecule has 0 spiro atoms. The van der Waals surface area contributed by atoms with Crippen molar-refractivity contribution < 1.29 is 18.9 Å². The maximum absolute atomic E-state index is 5.95. The van der Waals surface area contributed by atoms with Gasteiger partial charge in [0.2, 0.25) is 0 Å². The van der Waals surface area contributed by atoms with Crippen LogP contribution in [-0.4, -0.2) is 38.6 Å². The Morgan fingerprint density at radius 2 is 1.00 bits per heavy atom. The van der Waals surface area contributed by atoms with E-state index in [0.717, 1.165) is 47.0 Å². The zero-order chi connectivity index (χ0) is 18.3. The maximum Gasteiger partial charge on any atom is 0.125 e. The van der Waals surface area contributed by atoms with Crippen molar-refractivity contribution in [1.82, 2.24) is 0 Å². The molecule has 0 radical (unpaired) electrons. The minimum absolute atomic E-state index is 0.271. The molecule has 0 saturated carbocycles. The van der Waals surface area contributed by atoms with Gasteiger partial charge < -0.3 is 18.9 Å². The minimum atomic E-state index is 0.271. The molecule has 0 aliphatic carbocycles. The normalized spacial score (nSPS) is 20.8. The first kappa shape index (κ1) is 17.4. The van der Waals surface area contributed by atoms with Gasteiger partial charge in [-0.05, 0) is 85.3 Å². The fourth-order valence-electron chi connectivity index (χ4n) is 3.37. The Morgan fingerprint density at radius 3 is 1.27 bits per heavy atom. The molecule has 2 atom stereocenters. The van der Waals surface area contributed by atoms with Crippen molar-refractivity contribution >= 4 is 0 Å². The van der Waals surface area contributed by atoms with Crippen LogP contribution in [-0.2, 0) is 9.47 Å². The SMILES string of the molecule is Cc1cc(-c2cc(C)c(O[14CH2][14CH]3[14CH2]O3)c(C)c2)cc(C)c1O[14CH2][14CH]1[14CH2]O1. The molecule has 2 aliphatic rings. The van der Waals surface area contributed by atoms with E-state index in [1.807, 2.05) is 0 Å². The molecule has 4 rings (SSSR count). The second-order valence-corrected chi connectivity index (χ2v) is 7.41. The monoisotopic (exact) mass is 366 g/mol. The molecule has 2 fully saturated rings. The number of aryl methyl sites for hydroxylation is 4. The van der Waals surface area contributed by atoms with E-state index in [2.05, 4.69) is 52.0 Å². The molecule has 0 N–H and O–H groups in total. The molecule has 2 aromatic rings. The Bertz CT molecular complexity index is 703. The van der Waals surface area contributed by atoms with Gasteiger partial charge in [0, 0.05) is 0 Å². The summed E-state index contributed by atoms with van der Waals surface area (Å²) in [6.07, 6.45) is 0.541. The number of benzene rings is 2. The fourth-order valence-corrected chi connectivity index (χ4v) is 3.37. The summed E-state index contributed by atoms with van der Waals surface area (Å²) in [6, 6.07) is 8.79. The maximum atomic E-state index is 5.95. The standard InChI is InChI=1S/C22H26O4/c1-13-5-17(6-14(2)21(13)25-11-19-9-23-19)18-7-15(3)22(16(4)8-18)26-12-20-10-24-20/h5-8,19-20H,9-12H2,1-4H3/i9+2,10+2,11+2,12+2,19+2,20+2. The van der Waals surface area contributed by atoms with Crippen LogP contribution < -0.4 is 9.47 Å². The highest BCUT2D eigenvalue weighted by molar-refractivity contribution is 5.70. The van der Waals surface area contributed by atoms with E-state index in [9.17, 15) is 0 Å². The van der Waals surface area contributed by atoms with Gasteiger partial charge >= 0.3 is 0 Å². The topological polar surface area (TPSA) is 43.5 Å². The van der Waals surface area contributed by atoms with Crippen LogP contribution in [0.2, 0.25) is 0 Å². The molecule has 26 heavy (non-hydrogen) atoms. The van der Waals surface area contributed by atoms with E-state index >= 15 is 0 Å². The lowest BCUT2D eigenvalue weighted by Gasteiger charge is -2.16. The summed E-state index contributed by atoms with van der Waals surface area (Å²) in [5.41, 5.74) is 7.03. The van der Waals surface area contributed by atoms with E-state index in [0.29, 0.717) is 13.2 Å². The van der Waals surface area contributed by atoms with Gasteiger partial charge in [-0.3, -0.25) is 0 Å². The largest absolute Gasteiger partial charge is 0.490 e. The van der Waals surface area contributed by atoms with Gasteiger partial charge in [0.15, 0.2) is 0 Å². The van der Waals surface area contributed by atoms with Crippen LogP contribution in [0, 0.1) is 27.7 Å². The smallest absolute Gasteiger partial charge is 0.125 e. The Hall–Kier alpha value is -2.04. The van der Waals surface area contributed by atoms with Crippen molar-refractivity contribution in [2.45, 2.75) is 39.9 Å². The molecule has 0 amide bonds. The third-order valence-electron chi connectivity index (χ3n) is 4.89. The van der Waals surface area contributed by atoms with Crippen molar-refractivity contribution in [3.63, 3.8) is 0 Å². The van der Waals surface area contributed by atoms with Crippen LogP contribution in [0.4, 0.5) is 0 Å². The summed E-state index contributed by atoms with van der Waals surface area (Å²) < 4.78 is 22.4. The molecule has 4 nitrogen and oxygen atoms in total. The average molecular weight is 366 g/mol. The van der Waals surface area contributed by atoms with Crippen LogP contribution in [0.15, 0.2) is 24.3 Å². The number of hydrogen-bond acceptors (Lipinski definition) is 4. The van der Waals surface area contributed by atoms with Crippen molar-refractivity contribution in [1.29, 1.82) is 0 Å². The van der Waals surface area contributed by atoms with Gasteiger partial charge in [0.1, 0.15) is 36.9 Å². The summed E-state index contributed by atoms with van der Waals surface area (Å²) in [5, 5.41) is 0. The van der Waals surface area contributed by atoms with E-state index in [1.165, 1.54) is 11.1 Å². The molecular weight excluding hydrogens is 340 g/mol. The summed E-state index contributed by atoms with van der Waals surface area (Å²) in [4.78, 5) is 0. The second kappa shape index (κ2) is 6.93. The summed E-state index contributed by atoms with van der Waals surface area (Å²) in [7, 11) is 0. The van der Waals surface area contributed by atoms with Gasteiger partial charge in [-0.15, -0.1) is 0 Å². The first-order valence-corrected chi connectivity index (χ1v) is 9.23. The van der Waals surface area contributed by atoms with Crippen molar-refractivity contribution in [3.05, 3.63) is 46.5 Å². The zero-order valence-corrected chi connectivity index (χ0v) is 15.9. The van der Waals surface area contributed by atoms with Crippen LogP contribution in [0.3, 0.4) is 0 Å². The fraction of sp³-hybridized carbons (Fsp3) is 0.455. The van der Waals surface area contributed by atoms with E-state index in [-0.39, 0.29) is 12.2 Å². The van der Waals surface area contributed by atoms with Crippen LogP contribution in [0.25, 0.3) is 11.1 Å². The highest BCUT2D eigenvalue weighted by Gasteiger charge is 2.25. The Morgan fingerprint density at radius 1 is 0.692 bits per heavy atom. The van der Waals surface area contributed by atoms with Gasteiger partial charge in [-0.1, -0.05) is 0 Å². The first-order valence-electron chi connectivity index (χ1n) is 9.23. The molecule has 2 aliphatic heterocycles. The third-order valence-corrected chi connectivity index (χ3v) is 4.89. The Kier molecular flexibility index (Phi) is 4.63. The summed E-state index contributed by atoms with van der Waals surface area (Å²) in [5.74, 6) is 1.95. The number of ether oxygens (including phenoxy) is 4. The molecule has 2 aromatic carbocycles. The lowest BCUT2D eigenvalue weighted by atomic mass is 9.96. The molecule has 4 heteroatoms. The van der Waals surface area contributed by atoms with Crippen LogP contribution in [0.1, 0.15) is 22.3 Å². The molecule has 138 valence electrons. The number of epoxide rings is 2. The number of rotatable bonds is 7. The third kappa shape index (κ3) is 3.87. The molecule has 0 bridgehead atoms. The summed E-state index contributed by atoms with van der Waals surface area (Å²) in [6.45, 7) is 11.3. The molecule has 0 aromatic heterocycles. The Balaban J connectivity index is 1.57. The highest BCUT2D eigenvalue weighted by atomic mass is 17.1. The molecule has 2 heterocycles. The summed E-state index contributed by atoms with van der Waals surface area (Å²) >= 11 is 0. The van der Waals surface area contributed by atoms with Crippen molar-refractivity contribution in [3.8, 4) is 22.6 Å². The van der Waals surface area contributed by atoms with Crippen molar-refractivity contribution in [2.24, 2.45) is 0 Å². The van der Waals surface area contributed by atoms with E-state index < -0.39 is 0 Å². The lowest BCUT2D eigenvalue weighted by Crippen LogP contribution is -2.07. The molecule has 2 unspecified atom stereocenters. The highest BCUT2D eigenvalue weighted by Crippen LogP contribution is 2.34. The van der Waals surface area contributed by atoms with E-state index in [1.54, 1.807) is 0 Å². The Labute approximate surface area is 155 Å². The second-order valence-electron chi connectivity index (χ2n) is 7.41. The van der Waals surface area contributed by atoms with Gasteiger partial charge in [0.25, 0.3) is 0 Å². The van der Waals surface area contributed by atoms with Crippen LogP contribution >= 0.6 is 0 Å². The van der Waals surface area contributed by atoms with Crippen LogP contribution in [0.5, 0.6) is 11.5 Å².